The normalized spacial score (nSPS) is 10.8. The number of aryl methyl sites for hydroxylation is 4. The topological polar surface area (TPSA) is 103 Å². The third-order valence-corrected chi connectivity index (χ3v) is 5.89. The molecule has 2 aromatic carbocycles. The molecule has 0 spiro atoms. The van der Waals surface area contributed by atoms with Gasteiger partial charge in [0.05, 0.1) is 29.5 Å². The molecule has 35 heavy (non-hydrogen) atoms. The molecule has 0 radical (unpaired) electrons. The second-order valence-electron chi connectivity index (χ2n) is 8.41. The van der Waals surface area contributed by atoms with Crippen LogP contribution in [0.25, 0.3) is 0 Å². The van der Waals surface area contributed by atoms with Crippen LogP contribution in [0.5, 0.6) is 5.75 Å². The fraction of sp³-hybridized carbons (Fsp3) is 0.231. The van der Waals surface area contributed by atoms with Crippen molar-refractivity contribution in [2.24, 2.45) is 14.1 Å². The van der Waals surface area contributed by atoms with Gasteiger partial charge in [-0.3, -0.25) is 19.0 Å². The average Bonchev–Trinajstić information content (AvgIpc) is 3.35. The van der Waals surface area contributed by atoms with E-state index >= 15 is 0 Å². The minimum absolute atomic E-state index is 0.236. The van der Waals surface area contributed by atoms with E-state index in [2.05, 4.69) is 20.8 Å². The molecule has 9 heteroatoms. The van der Waals surface area contributed by atoms with Gasteiger partial charge in [-0.1, -0.05) is 30.3 Å². The zero-order valence-electron chi connectivity index (χ0n) is 20.4. The Morgan fingerprint density at radius 2 is 1.43 bits per heavy atom. The first-order chi connectivity index (χ1) is 16.7. The fourth-order valence-corrected chi connectivity index (χ4v) is 3.73. The van der Waals surface area contributed by atoms with E-state index in [1.54, 1.807) is 37.1 Å². The van der Waals surface area contributed by atoms with E-state index in [1.165, 1.54) is 10.9 Å². The number of ether oxygens (including phenoxy) is 1. The maximum atomic E-state index is 12.9. The molecule has 0 unspecified atom stereocenters. The molecule has 2 amide bonds. The summed E-state index contributed by atoms with van der Waals surface area (Å²) in [5, 5.41) is 13.9. The molecule has 0 saturated carbocycles. The minimum Gasteiger partial charge on any atom is -0.488 e. The molecule has 0 atom stereocenters. The van der Waals surface area contributed by atoms with Crippen LogP contribution in [-0.4, -0.2) is 31.4 Å². The Balaban J connectivity index is 1.43. The molecular weight excluding hydrogens is 444 g/mol. The van der Waals surface area contributed by atoms with Gasteiger partial charge >= 0.3 is 0 Å². The van der Waals surface area contributed by atoms with E-state index < -0.39 is 5.91 Å². The average molecular weight is 473 g/mol. The van der Waals surface area contributed by atoms with Crippen LogP contribution in [0.15, 0.2) is 54.9 Å². The highest BCUT2D eigenvalue weighted by Crippen LogP contribution is 2.24. The Morgan fingerprint density at radius 1 is 0.829 bits per heavy atom. The van der Waals surface area contributed by atoms with E-state index in [0.717, 1.165) is 28.1 Å². The predicted molar refractivity (Wildman–Crippen MR) is 134 cm³/mol. The molecule has 2 heterocycles. The summed E-state index contributed by atoms with van der Waals surface area (Å²) < 4.78 is 9.08. The standard InChI is InChI=1S/C26H28N6O3/c1-16-7-6-8-17(2)24(16)35-15-19-9-11-20(12-10-19)25(33)30-22-14-28-32(5)23(22)26(34)29-21-13-27-31(4)18(21)3/h6-14H,15H2,1-5H3,(H,29,34)(H,30,33). The molecule has 2 N–H and O–H groups in total. The second kappa shape index (κ2) is 9.84. The maximum Gasteiger partial charge on any atom is 0.276 e. The highest BCUT2D eigenvalue weighted by atomic mass is 16.5. The summed E-state index contributed by atoms with van der Waals surface area (Å²) in [6.45, 7) is 6.28. The first kappa shape index (κ1) is 23.7. The van der Waals surface area contributed by atoms with Crippen molar-refractivity contribution < 1.29 is 14.3 Å². The Kier molecular flexibility index (Phi) is 6.68. The van der Waals surface area contributed by atoms with Crippen LogP contribution < -0.4 is 15.4 Å². The molecule has 4 rings (SSSR count). The molecular formula is C26H28N6O3. The number of benzene rings is 2. The number of carbonyl (C=O) groups excluding carboxylic acids is 2. The molecule has 0 bridgehead atoms. The number of aromatic nitrogens is 4. The van der Waals surface area contributed by atoms with E-state index in [4.69, 9.17) is 4.74 Å². The highest BCUT2D eigenvalue weighted by Gasteiger charge is 2.20. The predicted octanol–water partition coefficient (Wildman–Crippen LogP) is 4.16. The molecule has 0 aliphatic carbocycles. The maximum absolute atomic E-state index is 12.9. The second-order valence-corrected chi connectivity index (χ2v) is 8.41. The number of para-hydroxylation sites is 1. The van der Waals surface area contributed by atoms with Gasteiger partial charge in [-0.15, -0.1) is 0 Å². The lowest BCUT2D eigenvalue weighted by Gasteiger charge is -2.12. The summed E-state index contributed by atoms with van der Waals surface area (Å²) in [5.74, 6) is 0.139. The number of nitrogens with one attached hydrogen (secondary N) is 2. The summed E-state index contributed by atoms with van der Waals surface area (Å²) >= 11 is 0. The van der Waals surface area contributed by atoms with Crippen molar-refractivity contribution in [3.05, 3.63) is 88.5 Å². The third-order valence-electron chi connectivity index (χ3n) is 5.89. The van der Waals surface area contributed by atoms with Crippen molar-refractivity contribution in [2.75, 3.05) is 10.6 Å². The van der Waals surface area contributed by atoms with E-state index in [-0.39, 0.29) is 11.6 Å². The van der Waals surface area contributed by atoms with Crippen LogP contribution in [0.3, 0.4) is 0 Å². The smallest absolute Gasteiger partial charge is 0.276 e. The number of rotatable bonds is 7. The summed E-state index contributed by atoms with van der Waals surface area (Å²) in [4.78, 5) is 25.8. The van der Waals surface area contributed by atoms with Crippen LogP contribution in [0.4, 0.5) is 11.4 Å². The van der Waals surface area contributed by atoms with E-state index in [9.17, 15) is 9.59 Å². The Morgan fingerprint density at radius 3 is 2.06 bits per heavy atom. The molecule has 0 aliphatic rings. The van der Waals surface area contributed by atoms with Crippen molar-refractivity contribution in [1.82, 2.24) is 19.6 Å². The Bertz CT molecular complexity index is 1360. The minimum atomic E-state index is -0.393. The molecule has 0 fully saturated rings. The van der Waals surface area contributed by atoms with Gasteiger partial charge in [0.1, 0.15) is 18.1 Å². The number of hydrogen-bond acceptors (Lipinski definition) is 5. The summed E-state index contributed by atoms with van der Waals surface area (Å²) in [6.07, 6.45) is 3.03. The number of nitrogens with zero attached hydrogens (tertiary/aromatic N) is 4. The molecule has 2 aromatic heterocycles. The first-order valence-corrected chi connectivity index (χ1v) is 11.2. The third kappa shape index (κ3) is 5.08. The highest BCUT2D eigenvalue weighted by molar-refractivity contribution is 6.11. The quantitative estimate of drug-likeness (QED) is 0.420. The molecule has 9 nitrogen and oxygen atoms in total. The summed E-state index contributed by atoms with van der Waals surface area (Å²) in [5.41, 5.74) is 5.52. The van der Waals surface area contributed by atoms with Crippen LogP contribution in [0.1, 0.15) is 43.2 Å². The number of amides is 2. The van der Waals surface area contributed by atoms with Gasteiger partial charge in [0, 0.05) is 19.7 Å². The number of hydrogen-bond donors (Lipinski definition) is 2. The van der Waals surface area contributed by atoms with E-state index in [0.29, 0.717) is 23.5 Å². The van der Waals surface area contributed by atoms with Crippen molar-refractivity contribution in [1.29, 1.82) is 0 Å². The van der Waals surface area contributed by atoms with Crippen LogP contribution in [0.2, 0.25) is 0 Å². The zero-order valence-corrected chi connectivity index (χ0v) is 20.4. The van der Waals surface area contributed by atoms with Gasteiger partial charge in [-0.25, -0.2) is 0 Å². The summed E-state index contributed by atoms with van der Waals surface area (Å²) in [7, 11) is 3.44. The number of carbonyl (C=O) groups is 2. The number of anilines is 2. The van der Waals surface area contributed by atoms with Crippen LogP contribution in [-0.2, 0) is 20.7 Å². The molecule has 180 valence electrons. The van der Waals surface area contributed by atoms with Gasteiger partial charge in [-0.05, 0) is 49.6 Å². The first-order valence-electron chi connectivity index (χ1n) is 11.2. The van der Waals surface area contributed by atoms with Gasteiger partial charge < -0.3 is 15.4 Å². The Labute approximate surface area is 203 Å². The van der Waals surface area contributed by atoms with Crippen molar-refractivity contribution in [3.63, 3.8) is 0 Å². The Hall–Kier alpha value is -4.40. The van der Waals surface area contributed by atoms with Gasteiger partial charge in [0.2, 0.25) is 0 Å². The lowest BCUT2D eigenvalue weighted by Crippen LogP contribution is -2.20. The lowest BCUT2D eigenvalue weighted by atomic mass is 10.1. The SMILES string of the molecule is Cc1cccc(C)c1OCc1ccc(C(=O)Nc2cnn(C)c2C(=O)Nc2cnn(C)c2C)cc1. The molecule has 0 saturated heterocycles. The lowest BCUT2D eigenvalue weighted by molar-refractivity contribution is 0.101. The van der Waals surface area contributed by atoms with Gasteiger partial charge in [0.25, 0.3) is 11.8 Å². The van der Waals surface area contributed by atoms with Crippen LogP contribution >= 0.6 is 0 Å². The summed E-state index contributed by atoms with van der Waals surface area (Å²) in [6, 6.07) is 13.2. The van der Waals surface area contributed by atoms with Crippen molar-refractivity contribution in [3.8, 4) is 5.75 Å². The molecule has 0 aliphatic heterocycles. The monoisotopic (exact) mass is 472 g/mol. The largest absolute Gasteiger partial charge is 0.488 e. The zero-order chi connectivity index (χ0) is 25.1. The molecule has 4 aromatic rings. The van der Waals surface area contributed by atoms with Crippen molar-refractivity contribution in [2.45, 2.75) is 27.4 Å². The van der Waals surface area contributed by atoms with Crippen LogP contribution in [0, 0.1) is 20.8 Å². The van der Waals surface area contributed by atoms with Crippen molar-refractivity contribution >= 4 is 23.2 Å². The van der Waals surface area contributed by atoms with Gasteiger partial charge in [0.15, 0.2) is 0 Å². The van der Waals surface area contributed by atoms with E-state index in [1.807, 2.05) is 51.1 Å². The fourth-order valence-electron chi connectivity index (χ4n) is 3.73. The van der Waals surface area contributed by atoms with Gasteiger partial charge in [-0.2, -0.15) is 10.2 Å².